The second-order valence-corrected chi connectivity index (χ2v) is 5.92. The fraction of sp³-hybridized carbons (Fsp3) is 0.286. The predicted octanol–water partition coefficient (Wildman–Crippen LogP) is 3.57. The Hall–Kier alpha value is -1.47. The Balaban J connectivity index is 2.39. The monoisotopic (exact) mass is 371 g/mol. The molecule has 0 saturated carbocycles. The van der Waals surface area contributed by atoms with Gasteiger partial charge in [0.2, 0.25) is 0 Å². The van der Waals surface area contributed by atoms with Gasteiger partial charge in [0.25, 0.3) is 11.1 Å². The van der Waals surface area contributed by atoms with Crippen LogP contribution in [0.5, 0.6) is 11.5 Å². The van der Waals surface area contributed by atoms with Gasteiger partial charge in [0.1, 0.15) is 0 Å². The Bertz CT molecular complexity index is 615. The van der Waals surface area contributed by atoms with E-state index in [1.165, 1.54) is 0 Å². The minimum Gasteiger partial charge on any atom is -0.490 e. The van der Waals surface area contributed by atoms with Gasteiger partial charge in [0.05, 0.1) is 22.6 Å². The Morgan fingerprint density at radius 3 is 2.52 bits per heavy atom. The maximum Gasteiger partial charge on any atom is 0.290 e. The first-order chi connectivity index (χ1) is 10.0. The molecule has 0 atom stereocenters. The number of benzene rings is 1. The van der Waals surface area contributed by atoms with Crippen LogP contribution < -0.4 is 14.8 Å². The number of imide groups is 1. The first-order valence-corrected chi connectivity index (χ1v) is 8.00. The maximum atomic E-state index is 11.6. The molecule has 2 amide bonds. The lowest BCUT2D eigenvalue weighted by Crippen LogP contribution is -2.17. The van der Waals surface area contributed by atoms with E-state index in [0.29, 0.717) is 29.6 Å². The molecule has 112 valence electrons. The molecule has 21 heavy (non-hydrogen) atoms. The van der Waals surface area contributed by atoms with E-state index in [4.69, 9.17) is 9.47 Å². The summed E-state index contributed by atoms with van der Waals surface area (Å²) < 4.78 is 11.9. The van der Waals surface area contributed by atoms with Crippen LogP contribution in [-0.2, 0) is 4.79 Å². The van der Waals surface area contributed by atoms with Crippen molar-refractivity contribution in [2.45, 2.75) is 13.8 Å². The normalized spacial score (nSPS) is 16.2. The molecule has 7 heteroatoms. The number of halogens is 1. The lowest BCUT2D eigenvalue weighted by Gasteiger charge is -2.13. The summed E-state index contributed by atoms with van der Waals surface area (Å²) in [5.41, 5.74) is 0.751. The minimum absolute atomic E-state index is 0.360. The Labute approximate surface area is 135 Å². The van der Waals surface area contributed by atoms with E-state index < -0.39 is 0 Å². The largest absolute Gasteiger partial charge is 0.490 e. The van der Waals surface area contributed by atoms with E-state index in [9.17, 15) is 9.59 Å². The number of ether oxygens (including phenoxy) is 2. The van der Waals surface area contributed by atoms with Gasteiger partial charge in [-0.3, -0.25) is 14.9 Å². The molecule has 0 aliphatic carbocycles. The number of amides is 2. The van der Waals surface area contributed by atoms with E-state index in [-0.39, 0.29) is 11.1 Å². The van der Waals surface area contributed by atoms with Crippen LogP contribution in [0.1, 0.15) is 19.4 Å². The average Bonchev–Trinajstić information content (AvgIpc) is 2.72. The molecule has 1 aromatic carbocycles. The van der Waals surface area contributed by atoms with Gasteiger partial charge in [-0.15, -0.1) is 0 Å². The minimum atomic E-state index is -0.382. The summed E-state index contributed by atoms with van der Waals surface area (Å²) in [5.74, 6) is 0.837. The van der Waals surface area contributed by atoms with Crippen LogP contribution in [0.3, 0.4) is 0 Å². The van der Waals surface area contributed by atoms with E-state index >= 15 is 0 Å². The molecule has 5 nitrogen and oxygen atoms in total. The molecule has 1 aliphatic rings. The maximum absolute atomic E-state index is 11.6. The van der Waals surface area contributed by atoms with Gasteiger partial charge in [-0.25, -0.2) is 0 Å². The molecule has 0 unspecified atom stereocenters. The van der Waals surface area contributed by atoms with Crippen molar-refractivity contribution in [2.24, 2.45) is 0 Å². The second kappa shape index (κ2) is 7.00. The SMILES string of the molecule is CCOc1cc(/C=C2/SC(=O)NC2=O)cc(Br)c1OCC. The molecule has 0 aromatic heterocycles. The van der Waals surface area contributed by atoms with Crippen LogP contribution >= 0.6 is 27.7 Å². The Kier molecular flexibility index (Phi) is 5.30. The van der Waals surface area contributed by atoms with E-state index in [2.05, 4.69) is 21.2 Å². The van der Waals surface area contributed by atoms with Gasteiger partial charge in [-0.05, 0) is 65.3 Å². The highest BCUT2D eigenvalue weighted by Crippen LogP contribution is 2.38. The summed E-state index contributed by atoms with van der Waals surface area (Å²) in [6.45, 7) is 4.79. The highest BCUT2D eigenvalue weighted by Gasteiger charge is 2.25. The number of carbonyl (C=O) groups is 2. The molecule has 0 radical (unpaired) electrons. The van der Waals surface area contributed by atoms with Crippen LogP contribution in [0, 0.1) is 0 Å². The number of nitrogens with one attached hydrogen (secondary N) is 1. The van der Waals surface area contributed by atoms with E-state index in [0.717, 1.165) is 21.8 Å². The molecular formula is C14H14BrNO4S. The molecule has 1 aliphatic heterocycles. The highest BCUT2D eigenvalue weighted by molar-refractivity contribution is 9.10. The zero-order chi connectivity index (χ0) is 15.4. The third-order valence-electron chi connectivity index (χ3n) is 2.56. The van der Waals surface area contributed by atoms with Crippen molar-refractivity contribution in [1.29, 1.82) is 0 Å². The molecule has 1 saturated heterocycles. The number of hydrogen-bond donors (Lipinski definition) is 1. The smallest absolute Gasteiger partial charge is 0.290 e. The summed E-state index contributed by atoms with van der Waals surface area (Å²) in [5, 5.41) is 1.86. The lowest BCUT2D eigenvalue weighted by molar-refractivity contribution is -0.115. The van der Waals surface area contributed by atoms with Gasteiger partial charge in [0.15, 0.2) is 11.5 Å². The van der Waals surface area contributed by atoms with Crippen molar-refractivity contribution in [3.05, 3.63) is 27.1 Å². The molecule has 2 rings (SSSR count). The van der Waals surface area contributed by atoms with Crippen LogP contribution in [0.4, 0.5) is 4.79 Å². The molecular weight excluding hydrogens is 358 g/mol. The summed E-state index contributed by atoms with van der Waals surface area (Å²) in [6.07, 6.45) is 1.65. The van der Waals surface area contributed by atoms with Crippen molar-refractivity contribution in [2.75, 3.05) is 13.2 Å². The second-order valence-electron chi connectivity index (χ2n) is 4.05. The lowest BCUT2D eigenvalue weighted by atomic mass is 10.2. The number of carbonyl (C=O) groups excluding carboxylic acids is 2. The van der Waals surface area contributed by atoms with Crippen LogP contribution in [-0.4, -0.2) is 24.4 Å². The third-order valence-corrected chi connectivity index (χ3v) is 3.96. The molecule has 0 spiro atoms. The van der Waals surface area contributed by atoms with Crippen LogP contribution in [0.15, 0.2) is 21.5 Å². The fourth-order valence-electron chi connectivity index (χ4n) is 1.79. The van der Waals surface area contributed by atoms with E-state index in [1.54, 1.807) is 12.1 Å². The number of thioether (sulfide) groups is 1. The van der Waals surface area contributed by atoms with Crippen molar-refractivity contribution in [3.8, 4) is 11.5 Å². The zero-order valence-corrected chi connectivity index (χ0v) is 14.0. The summed E-state index contributed by atoms with van der Waals surface area (Å²) in [4.78, 5) is 23.1. The van der Waals surface area contributed by atoms with Crippen molar-refractivity contribution < 1.29 is 19.1 Å². The Morgan fingerprint density at radius 1 is 1.24 bits per heavy atom. The van der Waals surface area contributed by atoms with Gasteiger partial charge in [0, 0.05) is 0 Å². The fourth-order valence-corrected chi connectivity index (χ4v) is 3.05. The Morgan fingerprint density at radius 2 is 1.95 bits per heavy atom. The zero-order valence-electron chi connectivity index (χ0n) is 11.6. The van der Waals surface area contributed by atoms with Crippen LogP contribution in [0.25, 0.3) is 6.08 Å². The molecule has 1 N–H and O–H groups in total. The standard InChI is InChI=1S/C14H14BrNO4S/c1-3-19-10-6-8(5-9(15)12(10)20-4-2)7-11-13(17)16-14(18)21-11/h5-7H,3-4H2,1-2H3,(H,16,17,18)/b11-7+. The predicted molar refractivity (Wildman–Crippen MR) is 85.6 cm³/mol. The first-order valence-electron chi connectivity index (χ1n) is 6.39. The number of rotatable bonds is 5. The van der Waals surface area contributed by atoms with Crippen LogP contribution in [0.2, 0.25) is 0 Å². The van der Waals surface area contributed by atoms with Gasteiger partial charge < -0.3 is 9.47 Å². The summed E-state index contributed by atoms with van der Waals surface area (Å²) in [7, 11) is 0. The number of hydrogen-bond acceptors (Lipinski definition) is 5. The quantitative estimate of drug-likeness (QED) is 0.801. The molecule has 1 fully saturated rings. The molecule has 1 aromatic rings. The van der Waals surface area contributed by atoms with Gasteiger partial charge in [-0.1, -0.05) is 0 Å². The average molecular weight is 372 g/mol. The third kappa shape index (κ3) is 3.79. The van der Waals surface area contributed by atoms with Gasteiger partial charge in [-0.2, -0.15) is 0 Å². The highest BCUT2D eigenvalue weighted by atomic mass is 79.9. The summed E-state index contributed by atoms with van der Waals surface area (Å²) >= 11 is 4.32. The summed E-state index contributed by atoms with van der Waals surface area (Å²) in [6, 6.07) is 3.60. The molecule has 1 heterocycles. The van der Waals surface area contributed by atoms with Crippen molar-refractivity contribution in [3.63, 3.8) is 0 Å². The van der Waals surface area contributed by atoms with Gasteiger partial charge >= 0.3 is 0 Å². The van der Waals surface area contributed by atoms with E-state index in [1.807, 2.05) is 19.9 Å². The molecule has 0 bridgehead atoms. The van der Waals surface area contributed by atoms with Crippen molar-refractivity contribution in [1.82, 2.24) is 5.32 Å². The topological polar surface area (TPSA) is 64.6 Å². The van der Waals surface area contributed by atoms with Crippen molar-refractivity contribution >= 4 is 44.9 Å². The first kappa shape index (κ1) is 15.9.